The summed E-state index contributed by atoms with van der Waals surface area (Å²) >= 11 is 28.1. The minimum Gasteiger partial charge on any atom is -0.397 e. The summed E-state index contributed by atoms with van der Waals surface area (Å²) in [6, 6.07) is 47.9. The molecule has 9 aromatic heterocycles. The largest absolute Gasteiger partial charge is 0.397 e. The third-order valence-electron chi connectivity index (χ3n) is 18.4. The van der Waals surface area contributed by atoms with E-state index in [1.807, 2.05) is 12.1 Å². The normalized spacial score (nSPS) is 10.3. The van der Waals surface area contributed by atoms with E-state index in [4.69, 9.17) is 39.2 Å². The molecule has 0 aliphatic rings. The van der Waals surface area contributed by atoms with E-state index in [0.717, 1.165) is 0 Å². The molecule has 14 N–H and O–H groups in total. The van der Waals surface area contributed by atoms with Crippen molar-refractivity contribution in [3.63, 3.8) is 0 Å². The van der Waals surface area contributed by atoms with Crippen LogP contribution in [0.1, 0.15) is 21.9 Å². The van der Waals surface area contributed by atoms with E-state index >= 15 is 0 Å². The van der Waals surface area contributed by atoms with Gasteiger partial charge in [0, 0.05) is 60.7 Å². The minimum atomic E-state index is -0.906. The van der Waals surface area contributed by atoms with Crippen LogP contribution in [-0.4, -0.2) is 145 Å². The number of para-hydroxylation sites is 10. The fourth-order valence-corrected chi connectivity index (χ4v) is 14.7. The van der Waals surface area contributed by atoms with Gasteiger partial charge in [-0.1, -0.05) is 60.7 Å². The zero-order valence-electron chi connectivity index (χ0n) is 72.9. The van der Waals surface area contributed by atoms with E-state index in [2.05, 4.69) is 233 Å². The molecule has 19 aromatic rings. The highest BCUT2D eigenvalue weighted by atomic mass is 79.9. The Morgan fingerprint density at radius 2 is 0.473 bits per heavy atom. The topological polar surface area (TPSA) is 938 Å². The van der Waals surface area contributed by atoms with Gasteiger partial charge in [-0.05, 0) is 204 Å². The number of nitriles is 2. The molecule has 0 fully saturated rings. The molecule has 0 aliphatic carbocycles. The number of nitrogen functional groups attached to an aromatic ring is 4. The number of nitrogens with zero attached hydrogens (tertiary/aromatic N) is 26. The van der Waals surface area contributed by atoms with Crippen LogP contribution in [0.5, 0.6) is 0 Å². The third kappa shape index (κ3) is 27.7. The first kappa shape index (κ1) is 113. The number of benzene rings is 10. The number of amides is 1. The van der Waals surface area contributed by atoms with E-state index in [1.54, 1.807) is 66.7 Å². The van der Waals surface area contributed by atoms with E-state index in [0.29, 0.717) is 66.2 Å². The Kier molecular flexibility index (Phi) is 38.0. The minimum absolute atomic E-state index is 0.0205. The van der Waals surface area contributed by atoms with E-state index < -0.39 is 77.4 Å². The van der Waals surface area contributed by atoms with Crippen molar-refractivity contribution < 1.29 is 54.0 Å². The fourth-order valence-electron chi connectivity index (χ4n) is 11.9. The zero-order chi connectivity index (χ0) is 110. The second kappa shape index (κ2) is 50.3. The van der Waals surface area contributed by atoms with Gasteiger partial charge in [-0.3, -0.25) is 125 Å². The molecule has 60 nitrogen and oxygen atoms in total. The van der Waals surface area contributed by atoms with Gasteiger partial charge < -0.3 is 48.6 Å². The summed E-state index contributed by atoms with van der Waals surface area (Å²) in [7, 11) is 0. The number of hydrogen-bond donors (Lipinski definition) is 9. The van der Waals surface area contributed by atoms with Crippen LogP contribution in [0.3, 0.4) is 0 Å². The summed E-state index contributed by atoms with van der Waals surface area (Å²) in [6.45, 7) is 0. The number of aromatic amines is 4. The highest BCUT2D eigenvalue weighted by Crippen LogP contribution is 2.35. The average Bonchev–Trinajstić information content (AvgIpc) is 0.819. The van der Waals surface area contributed by atoms with Crippen LogP contribution in [-0.2, 0) is 0 Å². The van der Waals surface area contributed by atoms with Crippen molar-refractivity contribution in [1.29, 1.82) is 10.5 Å². The first-order chi connectivity index (χ1) is 70.9. The van der Waals surface area contributed by atoms with Crippen molar-refractivity contribution in [2.75, 3.05) is 22.9 Å². The molecule has 0 aliphatic heterocycles. The van der Waals surface area contributed by atoms with Crippen LogP contribution < -0.4 is 50.9 Å². The molecule has 756 valence electrons. The number of aromatic nitrogens is 18. The Labute approximate surface area is 899 Å². The van der Waals surface area contributed by atoms with E-state index in [9.17, 15) is 125 Å². The number of nitrogens with two attached hydrogens (primary N) is 5. The number of anilines is 4. The summed E-state index contributed by atoms with van der Waals surface area (Å²) in [6.07, 6.45) is 0. The molecule has 9 heterocycles. The Morgan fingerprint density at radius 1 is 0.260 bits per heavy atom. The van der Waals surface area contributed by atoms with Crippen LogP contribution in [0.25, 0.3) is 99.3 Å². The predicted molar refractivity (Wildman–Crippen MR) is 565 cm³/mol. The van der Waals surface area contributed by atoms with Crippen molar-refractivity contribution in [3.05, 3.63) is 383 Å². The highest BCUT2D eigenvalue weighted by Gasteiger charge is 2.26. The molecule has 0 unspecified atom stereocenters. The first-order valence-corrected chi connectivity index (χ1v) is 46.3. The molecule has 19 rings (SSSR count). The van der Waals surface area contributed by atoms with Crippen LogP contribution >= 0.6 is 143 Å². The number of non-ortho nitro benzene ring substituents is 9. The number of primary amides is 1. The number of hydrogen-bond acceptors (Lipinski definition) is 45. The Morgan fingerprint density at radius 3 is 0.740 bits per heavy atom. The fraction of sp³-hybridized carbons (Fsp3) is 0. The van der Waals surface area contributed by atoms with Crippen LogP contribution in [0.15, 0.2) is 243 Å². The van der Waals surface area contributed by atoms with Gasteiger partial charge in [-0.15, -0.1) is 0 Å². The van der Waals surface area contributed by atoms with E-state index in [1.165, 1.54) is 115 Å². The third-order valence-corrected chi connectivity index (χ3v) is 24.5. The van der Waals surface area contributed by atoms with Crippen LogP contribution in [0.4, 0.5) is 79.9 Å². The van der Waals surface area contributed by atoms with Gasteiger partial charge in [0.1, 0.15) is 70.3 Å². The first-order valence-electron chi connectivity index (χ1n) is 39.2. The number of rotatable bonds is 11. The van der Waals surface area contributed by atoms with Crippen LogP contribution in [0.2, 0.25) is 0 Å². The molecular weight excluding hydrogens is 2580 g/mol. The monoisotopic (exact) mass is 2620 g/mol. The Balaban J connectivity index is 0.000000170. The van der Waals surface area contributed by atoms with Gasteiger partial charge in [0.25, 0.3) is 62.8 Å². The number of H-pyrrole nitrogens is 4. The number of fused-ring (bicyclic) bond motifs is 9. The lowest BCUT2D eigenvalue weighted by Crippen LogP contribution is -2.29. The lowest BCUT2D eigenvalue weighted by molar-refractivity contribution is -0.383. The van der Waals surface area contributed by atoms with Crippen LogP contribution in [0, 0.1) is 124 Å². The molecule has 69 heteroatoms. The lowest BCUT2D eigenvalue weighted by Gasteiger charge is -2.02. The number of nitro benzene ring substituents is 10. The Bertz CT molecular complexity index is 8560. The highest BCUT2D eigenvalue weighted by molar-refractivity contribution is 9.13. The summed E-state index contributed by atoms with van der Waals surface area (Å²) < 4.78 is 3.44. The molecular formula is C81H44Br9N35O25. The Hall–Kier alpha value is -18.6. The molecule has 0 radical (unpaired) electrons. The molecule has 10 aromatic carbocycles. The second-order valence-electron chi connectivity index (χ2n) is 27.7. The summed E-state index contributed by atoms with van der Waals surface area (Å²) in [4.78, 5) is 221. The second-order valence-corrected chi connectivity index (χ2v) is 34.4. The number of nitro groups is 10. The van der Waals surface area contributed by atoms with Gasteiger partial charge in [-0.25, -0.2) is 69.8 Å². The molecule has 0 saturated heterocycles. The average molecular weight is 2630 g/mol. The number of carbonyl (C=O) groups excluding carboxylic acids is 1. The van der Waals surface area contributed by atoms with Gasteiger partial charge in [0.15, 0.2) is 67.3 Å². The molecule has 150 heavy (non-hydrogen) atoms. The van der Waals surface area contributed by atoms with Crippen molar-refractivity contribution >= 4 is 328 Å². The maximum Gasteiger partial charge on any atom is 0.314 e. The number of carbonyl (C=O) groups is 1. The van der Waals surface area contributed by atoms with Crippen molar-refractivity contribution in [2.45, 2.75) is 0 Å². The van der Waals surface area contributed by atoms with Crippen molar-refractivity contribution in [3.8, 4) is 12.1 Å². The summed E-state index contributed by atoms with van der Waals surface area (Å²) in [5.74, 6) is -0.530. The molecule has 1 amide bonds. The SMILES string of the molecule is N#Cc1nc2c([N+](=O)[O-])cccc2nc1Br.N#Cc1nc2c([N+](=O)[O-])cccc2nc1Br.NC(=O)c1nc2c([N+](=O)[O-])cccc2nc1Br.Nc1cccc([N+](=O)[O-])c1N.Nc1nc2c([N+](=O)[O-])cccc2nc1Br.Nc1nc2c([N+](=O)[O-])cccc2nc1Br.O=[N+]([O-])c1cccc2nc(Br)c(Br)nc12.O=[N+]([O-])c1cccc2nc(Br)c(Br)nc12.O=c1[nH]c2cccc([N+](=O)[O-])c2[nH]c1=O.O=c1[nH]c2cccc([N+](=O)[O-])c2[nH]c1=O. The quantitative estimate of drug-likeness (QED) is 0.0251. The molecule has 0 saturated carbocycles. The van der Waals surface area contributed by atoms with E-state index in [-0.39, 0.29) is 171 Å². The number of halogens is 9. The van der Waals surface area contributed by atoms with Gasteiger partial charge in [-0.2, -0.15) is 10.5 Å². The molecule has 0 bridgehead atoms. The maximum atomic E-state index is 11.1. The molecule has 0 atom stereocenters. The van der Waals surface area contributed by atoms with Gasteiger partial charge >= 0.3 is 22.2 Å². The van der Waals surface area contributed by atoms with Gasteiger partial charge in [0.2, 0.25) is 0 Å². The standard InChI is InChI=1S/C9H5BrN4O3.2C9H3BrN4O2.2C8H3Br2N3O2.2C8H5BrN4O2.2C8H5N3O4.C6H7N3O2/c10-8-7(9(11)15)13-6-4(12-8)2-1-3-5(6)14(16)17;2*10-9-6(4-11)12-8-5(13-9)2-1-3-7(8)14(15)16;4*9-7-8(10)12-6-4(11-7)2-1-3-5(6)13(14)15;2*12-7-8(13)10-6-4(9-7)2-1-3-5(6)11(14)15;7-4-2-1-3-5(6(4)8)9(10)11/h1-3H,(H2,11,15);2*1-3H;2*1-3H;2*1-3H,(H2,10,12);2*1-3H,(H,9,12)(H,10,13);1-3H,7-8H2. The number of nitrogens with one attached hydrogen (secondary N) is 4. The summed E-state index contributed by atoms with van der Waals surface area (Å²) in [5, 5.41) is 124. The smallest absolute Gasteiger partial charge is 0.314 e. The maximum absolute atomic E-state index is 11.1. The predicted octanol–water partition coefficient (Wildman–Crippen LogP) is 16.6. The van der Waals surface area contributed by atoms with Crippen molar-refractivity contribution in [1.82, 2.24) is 89.7 Å². The summed E-state index contributed by atoms with van der Waals surface area (Å²) in [5.41, 5.74) is 26.6. The van der Waals surface area contributed by atoms with Crippen molar-refractivity contribution in [2.24, 2.45) is 5.73 Å². The van der Waals surface area contributed by atoms with Gasteiger partial charge in [0.05, 0.1) is 105 Å². The lowest BCUT2D eigenvalue weighted by atomic mass is 10.2. The zero-order valence-corrected chi connectivity index (χ0v) is 87.2. The molecule has 0 spiro atoms.